The summed E-state index contributed by atoms with van der Waals surface area (Å²) in [6.07, 6.45) is 4.06. The van der Waals surface area contributed by atoms with Crippen LogP contribution in [0.15, 0.2) is 52.1 Å². The Balaban J connectivity index is 1.58. The number of anilines is 1. The first-order chi connectivity index (χ1) is 14.2. The maximum absolute atomic E-state index is 13.2. The number of aliphatic imine (C=N–C) groups is 1. The fraction of sp³-hybridized carbons (Fsp3) is 0.429. The number of amides is 1. The lowest BCUT2D eigenvalue weighted by molar-refractivity contribution is -0.114. The number of halogens is 1. The van der Waals surface area contributed by atoms with Gasteiger partial charge in [-0.2, -0.15) is 0 Å². The number of likely N-dealkylation sites (tertiary alicyclic amines) is 1. The maximum atomic E-state index is 13.2. The van der Waals surface area contributed by atoms with Crippen molar-refractivity contribution in [1.82, 2.24) is 15.5 Å². The molecule has 1 amide bonds. The zero-order chi connectivity index (χ0) is 20.5. The summed E-state index contributed by atoms with van der Waals surface area (Å²) in [6.45, 7) is 5.26. The van der Waals surface area contributed by atoms with E-state index in [1.165, 1.54) is 25.0 Å². The average molecular weight is 401 g/mol. The van der Waals surface area contributed by atoms with E-state index in [4.69, 9.17) is 4.42 Å². The van der Waals surface area contributed by atoms with Crippen LogP contribution in [-0.4, -0.2) is 49.5 Å². The largest absolute Gasteiger partial charge is 0.468 e. The number of guanidine groups is 1. The second-order valence-corrected chi connectivity index (χ2v) is 6.91. The van der Waals surface area contributed by atoms with Gasteiger partial charge in [-0.3, -0.25) is 9.69 Å². The monoisotopic (exact) mass is 401 g/mol. The second-order valence-electron chi connectivity index (χ2n) is 6.91. The van der Waals surface area contributed by atoms with Crippen molar-refractivity contribution >= 4 is 17.6 Å². The molecule has 1 fully saturated rings. The summed E-state index contributed by atoms with van der Waals surface area (Å²) in [4.78, 5) is 18.9. The fourth-order valence-corrected chi connectivity index (χ4v) is 3.40. The third-order valence-corrected chi connectivity index (χ3v) is 4.75. The van der Waals surface area contributed by atoms with E-state index in [9.17, 15) is 9.18 Å². The van der Waals surface area contributed by atoms with Gasteiger partial charge in [0, 0.05) is 18.8 Å². The summed E-state index contributed by atoms with van der Waals surface area (Å²) < 4.78 is 18.9. The Morgan fingerprint density at radius 2 is 2.07 bits per heavy atom. The summed E-state index contributed by atoms with van der Waals surface area (Å²) >= 11 is 0. The third kappa shape index (κ3) is 6.32. The molecule has 156 valence electrons. The zero-order valence-corrected chi connectivity index (χ0v) is 16.7. The highest BCUT2D eigenvalue weighted by Crippen LogP contribution is 2.24. The van der Waals surface area contributed by atoms with Gasteiger partial charge in [0.1, 0.15) is 18.1 Å². The Hall–Kier alpha value is -2.87. The molecule has 3 N–H and O–H groups in total. The Morgan fingerprint density at radius 1 is 1.24 bits per heavy atom. The first-order valence-corrected chi connectivity index (χ1v) is 10.0. The van der Waals surface area contributed by atoms with Crippen LogP contribution in [0.2, 0.25) is 0 Å². The molecule has 7 nitrogen and oxygen atoms in total. The quantitative estimate of drug-likeness (QED) is 0.468. The molecule has 8 heteroatoms. The van der Waals surface area contributed by atoms with Crippen molar-refractivity contribution in [3.63, 3.8) is 0 Å². The number of nitrogens with zero attached hydrogens (tertiary/aromatic N) is 2. The van der Waals surface area contributed by atoms with Gasteiger partial charge in [0.25, 0.3) is 0 Å². The lowest BCUT2D eigenvalue weighted by Gasteiger charge is -2.26. The summed E-state index contributed by atoms with van der Waals surface area (Å²) in [6, 6.07) is 9.78. The number of rotatable bonds is 8. The van der Waals surface area contributed by atoms with Crippen molar-refractivity contribution in [1.29, 1.82) is 0 Å². The van der Waals surface area contributed by atoms with Gasteiger partial charge in [0.05, 0.1) is 12.3 Å². The number of benzene rings is 1. The zero-order valence-electron chi connectivity index (χ0n) is 16.7. The van der Waals surface area contributed by atoms with Gasteiger partial charge >= 0.3 is 0 Å². The van der Waals surface area contributed by atoms with E-state index in [2.05, 4.69) is 25.8 Å². The molecule has 1 aliphatic heterocycles. The van der Waals surface area contributed by atoms with Crippen LogP contribution in [0.4, 0.5) is 10.1 Å². The molecule has 2 aromatic rings. The smallest absolute Gasteiger partial charge is 0.246 e. The summed E-state index contributed by atoms with van der Waals surface area (Å²) in [5.74, 6) is 0.763. The molecule has 1 aliphatic rings. The van der Waals surface area contributed by atoms with E-state index in [0.717, 1.165) is 18.8 Å². The van der Waals surface area contributed by atoms with Gasteiger partial charge in [0.2, 0.25) is 5.91 Å². The molecule has 1 unspecified atom stereocenters. The SMILES string of the molecule is CCNC(=NCC(=O)Nc1cccc(F)c1)NCC(c1ccco1)N1CCCC1. The van der Waals surface area contributed by atoms with Crippen LogP contribution in [0.1, 0.15) is 31.6 Å². The van der Waals surface area contributed by atoms with Gasteiger partial charge in [0.15, 0.2) is 5.96 Å². The van der Waals surface area contributed by atoms with Gasteiger partial charge in [-0.25, -0.2) is 9.38 Å². The van der Waals surface area contributed by atoms with Gasteiger partial charge in [-0.15, -0.1) is 0 Å². The number of carbonyl (C=O) groups excluding carboxylic acids is 1. The van der Waals surface area contributed by atoms with Crippen LogP contribution < -0.4 is 16.0 Å². The predicted molar refractivity (Wildman–Crippen MR) is 111 cm³/mol. The summed E-state index contributed by atoms with van der Waals surface area (Å²) in [5, 5.41) is 9.11. The van der Waals surface area contributed by atoms with Crippen LogP contribution in [0.3, 0.4) is 0 Å². The Morgan fingerprint density at radius 3 is 2.76 bits per heavy atom. The molecular formula is C21H28FN5O2. The fourth-order valence-electron chi connectivity index (χ4n) is 3.40. The van der Waals surface area contributed by atoms with E-state index >= 15 is 0 Å². The first-order valence-electron chi connectivity index (χ1n) is 10.0. The molecule has 1 aromatic carbocycles. The molecule has 1 aromatic heterocycles. The summed E-state index contributed by atoms with van der Waals surface area (Å²) in [5.41, 5.74) is 0.412. The molecular weight excluding hydrogens is 373 g/mol. The highest BCUT2D eigenvalue weighted by Gasteiger charge is 2.25. The molecule has 29 heavy (non-hydrogen) atoms. The number of hydrogen-bond donors (Lipinski definition) is 3. The minimum Gasteiger partial charge on any atom is -0.468 e. The van der Waals surface area contributed by atoms with Crippen molar-refractivity contribution in [3.05, 3.63) is 54.2 Å². The van der Waals surface area contributed by atoms with Crippen molar-refractivity contribution in [3.8, 4) is 0 Å². The molecule has 1 atom stereocenters. The van der Waals surface area contributed by atoms with E-state index in [1.807, 2.05) is 19.1 Å². The van der Waals surface area contributed by atoms with Crippen molar-refractivity contribution in [2.75, 3.05) is 38.0 Å². The topological polar surface area (TPSA) is 81.9 Å². The minimum atomic E-state index is -0.396. The minimum absolute atomic E-state index is 0.0685. The van der Waals surface area contributed by atoms with Gasteiger partial charge in [-0.1, -0.05) is 6.07 Å². The van der Waals surface area contributed by atoms with Crippen molar-refractivity contribution < 1.29 is 13.6 Å². The van der Waals surface area contributed by atoms with Crippen LogP contribution in [-0.2, 0) is 4.79 Å². The lowest BCUT2D eigenvalue weighted by atomic mass is 10.2. The van der Waals surface area contributed by atoms with E-state index in [1.54, 1.807) is 18.4 Å². The normalized spacial score (nSPS) is 15.9. The number of hydrogen-bond acceptors (Lipinski definition) is 4. The maximum Gasteiger partial charge on any atom is 0.246 e. The number of carbonyl (C=O) groups is 1. The second kappa shape index (κ2) is 10.6. The van der Waals surface area contributed by atoms with E-state index in [-0.39, 0.29) is 18.5 Å². The highest BCUT2D eigenvalue weighted by molar-refractivity contribution is 5.94. The Labute approximate surface area is 170 Å². The van der Waals surface area contributed by atoms with E-state index < -0.39 is 5.82 Å². The number of nitrogens with one attached hydrogen (secondary N) is 3. The molecule has 0 aliphatic carbocycles. The number of furan rings is 1. The third-order valence-electron chi connectivity index (χ3n) is 4.75. The van der Waals surface area contributed by atoms with Crippen LogP contribution in [0, 0.1) is 5.82 Å². The first kappa shape index (κ1) is 20.9. The Bertz CT molecular complexity index is 803. The Kier molecular flexibility index (Phi) is 7.63. The standard InChI is InChI=1S/C21H28FN5O2/c1-2-23-21(25-15-20(28)26-17-8-5-7-16(22)13-17)24-14-18(19-9-6-12-29-19)27-10-3-4-11-27/h5-9,12-13,18H,2-4,10-11,14-15H2,1H3,(H,26,28)(H2,23,24,25). The average Bonchev–Trinajstić information content (AvgIpc) is 3.41. The molecule has 0 saturated carbocycles. The van der Waals surface area contributed by atoms with Gasteiger partial charge < -0.3 is 20.4 Å². The van der Waals surface area contributed by atoms with Crippen LogP contribution in [0.25, 0.3) is 0 Å². The predicted octanol–water partition coefficient (Wildman–Crippen LogP) is 2.75. The highest BCUT2D eigenvalue weighted by atomic mass is 19.1. The van der Waals surface area contributed by atoms with Crippen LogP contribution >= 0.6 is 0 Å². The van der Waals surface area contributed by atoms with Crippen LogP contribution in [0.5, 0.6) is 0 Å². The molecule has 3 rings (SSSR count). The molecule has 0 spiro atoms. The van der Waals surface area contributed by atoms with Gasteiger partial charge in [-0.05, 0) is 63.2 Å². The molecule has 2 heterocycles. The van der Waals surface area contributed by atoms with Crippen molar-refractivity contribution in [2.24, 2.45) is 4.99 Å². The lowest BCUT2D eigenvalue weighted by Crippen LogP contribution is -2.43. The van der Waals surface area contributed by atoms with Crippen molar-refractivity contribution in [2.45, 2.75) is 25.8 Å². The molecule has 0 radical (unpaired) electrons. The summed E-state index contributed by atoms with van der Waals surface area (Å²) in [7, 11) is 0. The molecule has 0 bridgehead atoms. The van der Waals surface area contributed by atoms with E-state index in [0.29, 0.717) is 24.7 Å². The molecule has 1 saturated heterocycles.